The molecule has 0 spiro atoms. The minimum atomic E-state index is -0.488. The molecule has 0 aliphatic carbocycles. The fourth-order valence-electron chi connectivity index (χ4n) is 0.986. The summed E-state index contributed by atoms with van der Waals surface area (Å²) in [6.45, 7) is 3.59. The Kier molecular flexibility index (Phi) is 3.06. The molecule has 0 aliphatic heterocycles. The Labute approximate surface area is 82.7 Å². The van der Waals surface area contributed by atoms with Crippen LogP contribution < -0.4 is 10.2 Å². The van der Waals surface area contributed by atoms with Gasteiger partial charge in [0.15, 0.2) is 0 Å². The first kappa shape index (κ1) is 10.5. The Balaban J connectivity index is 3.08. The quantitative estimate of drug-likeness (QED) is 0.387. The van der Waals surface area contributed by atoms with Gasteiger partial charge in [-0.05, 0) is 13.8 Å². The first-order valence-electron chi connectivity index (χ1n) is 4.28. The van der Waals surface area contributed by atoms with Crippen molar-refractivity contribution in [2.45, 2.75) is 20.0 Å². The maximum absolute atomic E-state index is 10.6. The summed E-state index contributed by atoms with van der Waals surface area (Å²) in [7, 11) is 1.75. The smallest absolute Gasteiger partial charge is 0.330 e. The molecule has 1 rings (SSSR count). The van der Waals surface area contributed by atoms with Crippen molar-refractivity contribution in [1.82, 2.24) is 4.98 Å². The van der Waals surface area contributed by atoms with E-state index in [1.54, 1.807) is 27.9 Å². The lowest BCUT2D eigenvalue weighted by Crippen LogP contribution is -2.12. The Bertz CT molecular complexity index is 354. The van der Waals surface area contributed by atoms with Crippen LogP contribution >= 0.6 is 0 Å². The molecule has 0 radical (unpaired) electrons. The van der Waals surface area contributed by atoms with Gasteiger partial charge in [0, 0.05) is 12.3 Å². The monoisotopic (exact) mass is 194 g/mol. The standard InChI is InChI=1S/C8H11BN2O3/c1-5(2)14-8-7(11(12)13)3-6(9)4-10-8/h3-5H,9H2,1-2H3. The molecule has 1 aromatic heterocycles. The molecule has 14 heavy (non-hydrogen) atoms. The minimum absolute atomic E-state index is 0.0793. The van der Waals surface area contributed by atoms with E-state index in [2.05, 4.69) is 4.98 Å². The number of nitrogens with zero attached hydrogens (tertiary/aromatic N) is 2. The van der Waals surface area contributed by atoms with E-state index in [-0.39, 0.29) is 17.7 Å². The molecule has 0 aliphatic rings. The van der Waals surface area contributed by atoms with Crippen molar-refractivity contribution >= 4 is 19.0 Å². The number of rotatable bonds is 3. The first-order valence-corrected chi connectivity index (χ1v) is 4.28. The van der Waals surface area contributed by atoms with Crippen LogP contribution in [0.4, 0.5) is 5.69 Å². The van der Waals surface area contributed by atoms with Crippen molar-refractivity contribution in [1.29, 1.82) is 0 Å². The van der Waals surface area contributed by atoms with Crippen molar-refractivity contribution in [2.75, 3.05) is 0 Å². The van der Waals surface area contributed by atoms with Gasteiger partial charge in [-0.2, -0.15) is 0 Å². The van der Waals surface area contributed by atoms with Crippen LogP contribution in [0.3, 0.4) is 0 Å². The van der Waals surface area contributed by atoms with Crippen molar-refractivity contribution in [2.24, 2.45) is 0 Å². The third kappa shape index (κ3) is 2.45. The molecule has 0 saturated heterocycles. The second-order valence-corrected chi connectivity index (χ2v) is 3.26. The average molecular weight is 194 g/mol. The zero-order valence-electron chi connectivity index (χ0n) is 8.35. The molecule has 74 valence electrons. The van der Waals surface area contributed by atoms with E-state index in [0.717, 1.165) is 5.46 Å². The van der Waals surface area contributed by atoms with Gasteiger partial charge in [-0.1, -0.05) is 5.46 Å². The van der Waals surface area contributed by atoms with Crippen molar-refractivity contribution in [3.8, 4) is 5.88 Å². The highest BCUT2D eigenvalue weighted by atomic mass is 16.6. The van der Waals surface area contributed by atoms with Crippen molar-refractivity contribution in [3.63, 3.8) is 0 Å². The van der Waals surface area contributed by atoms with Crippen LogP contribution in [0, 0.1) is 10.1 Å². The van der Waals surface area contributed by atoms with E-state index in [1.165, 1.54) is 6.07 Å². The summed E-state index contributed by atoms with van der Waals surface area (Å²) in [5.41, 5.74) is 0.659. The lowest BCUT2D eigenvalue weighted by Gasteiger charge is -2.08. The van der Waals surface area contributed by atoms with E-state index in [4.69, 9.17) is 4.74 Å². The number of hydrogen-bond acceptors (Lipinski definition) is 4. The molecule has 0 fully saturated rings. The Hall–Kier alpha value is -1.59. The second kappa shape index (κ2) is 4.08. The van der Waals surface area contributed by atoms with Crippen LogP contribution in [0.25, 0.3) is 0 Å². The SMILES string of the molecule is Bc1cnc(OC(C)C)c([N+](=O)[O-])c1. The Morgan fingerprint density at radius 3 is 2.79 bits per heavy atom. The molecule has 1 heterocycles. The second-order valence-electron chi connectivity index (χ2n) is 3.26. The maximum Gasteiger partial charge on any atom is 0.330 e. The summed E-state index contributed by atoms with van der Waals surface area (Å²) in [5.74, 6) is 0.0793. The molecule has 5 nitrogen and oxygen atoms in total. The number of nitro groups is 1. The minimum Gasteiger partial charge on any atom is -0.470 e. The van der Waals surface area contributed by atoms with E-state index >= 15 is 0 Å². The zero-order chi connectivity index (χ0) is 10.7. The van der Waals surface area contributed by atoms with Crippen molar-refractivity contribution < 1.29 is 9.66 Å². The fourth-order valence-corrected chi connectivity index (χ4v) is 0.986. The summed E-state index contributed by atoms with van der Waals surface area (Å²) < 4.78 is 5.21. The summed E-state index contributed by atoms with van der Waals surface area (Å²) in [6.07, 6.45) is 1.42. The fraction of sp³-hybridized carbons (Fsp3) is 0.375. The molecular formula is C8H11BN2O3. The molecule has 0 unspecified atom stereocenters. The Morgan fingerprint density at radius 2 is 2.29 bits per heavy atom. The molecule has 0 amide bonds. The van der Waals surface area contributed by atoms with Gasteiger partial charge in [-0.25, -0.2) is 4.98 Å². The first-order chi connectivity index (χ1) is 6.50. The lowest BCUT2D eigenvalue weighted by atomic mass is 9.98. The average Bonchev–Trinajstić information content (AvgIpc) is 2.07. The van der Waals surface area contributed by atoms with Crippen LogP contribution in [0.2, 0.25) is 0 Å². The third-order valence-electron chi connectivity index (χ3n) is 1.51. The number of pyridine rings is 1. The van der Waals surface area contributed by atoms with E-state index in [9.17, 15) is 10.1 Å². The summed E-state index contributed by atoms with van der Waals surface area (Å²) in [4.78, 5) is 14.0. The van der Waals surface area contributed by atoms with E-state index in [1.807, 2.05) is 0 Å². The highest BCUT2D eigenvalue weighted by Gasteiger charge is 2.17. The molecule has 0 bridgehead atoms. The largest absolute Gasteiger partial charge is 0.470 e. The molecule has 0 aromatic carbocycles. The van der Waals surface area contributed by atoms with Gasteiger partial charge in [0.25, 0.3) is 5.88 Å². The highest BCUT2D eigenvalue weighted by Crippen LogP contribution is 2.22. The number of ether oxygens (including phenoxy) is 1. The highest BCUT2D eigenvalue weighted by molar-refractivity contribution is 6.32. The summed E-state index contributed by atoms with van der Waals surface area (Å²) >= 11 is 0. The topological polar surface area (TPSA) is 65.3 Å². The summed E-state index contributed by atoms with van der Waals surface area (Å²) in [6, 6.07) is 1.45. The zero-order valence-corrected chi connectivity index (χ0v) is 8.35. The van der Waals surface area contributed by atoms with Gasteiger partial charge in [0.2, 0.25) is 0 Å². The molecule has 1 aromatic rings. The van der Waals surface area contributed by atoms with Crippen LogP contribution in [-0.4, -0.2) is 23.9 Å². The van der Waals surface area contributed by atoms with Gasteiger partial charge in [-0.3, -0.25) is 10.1 Å². The molecule has 0 atom stereocenters. The van der Waals surface area contributed by atoms with Gasteiger partial charge in [0.1, 0.15) is 7.85 Å². The molecular weight excluding hydrogens is 183 g/mol. The van der Waals surface area contributed by atoms with E-state index in [0.29, 0.717) is 0 Å². The number of hydrogen-bond donors (Lipinski definition) is 0. The molecule has 6 heteroatoms. The van der Waals surface area contributed by atoms with Crippen molar-refractivity contribution in [3.05, 3.63) is 22.4 Å². The van der Waals surface area contributed by atoms with Gasteiger partial charge >= 0.3 is 5.69 Å². The summed E-state index contributed by atoms with van der Waals surface area (Å²) in [5, 5.41) is 10.6. The number of aromatic nitrogens is 1. The van der Waals surface area contributed by atoms with Crippen LogP contribution in [0.15, 0.2) is 12.3 Å². The third-order valence-corrected chi connectivity index (χ3v) is 1.51. The van der Waals surface area contributed by atoms with Gasteiger partial charge in [0.05, 0.1) is 11.0 Å². The van der Waals surface area contributed by atoms with Crippen LogP contribution in [-0.2, 0) is 0 Å². The van der Waals surface area contributed by atoms with Gasteiger partial charge in [-0.15, -0.1) is 0 Å². The molecule has 0 saturated carbocycles. The van der Waals surface area contributed by atoms with Gasteiger partial charge < -0.3 is 4.74 Å². The van der Waals surface area contributed by atoms with E-state index < -0.39 is 4.92 Å². The predicted molar refractivity (Wildman–Crippen MR) is 54.8 cm³/mol. The van der Waals surface area contributed by atoms with Crippen LogP contribution in [0.1, 0.15) is 13.8 Å². The maximum atomic E-state index is 10.6. The predicted octanol–water partition coefficient (Wildman–Crippen LogP) is 0.0354. The van der Waals surface area contributed by atoms with Crippen LogP contribution in [0.5, 0.6) is 5.88 Å². The molecule has 0 N–H and O–H groups in total. The lowest BCUT2D eigenvalue weighted by molar-refractivity contribution is -0.386. The Morgan fingerprint density at radius 1 is 1.64 bits per heavy atom. The normalized spacial score (nSPS) is 10.2.